The largest absolute Gasteiger partial charge is 0.345 e. The summed E-state index contributed by atoms with van der Waals surface area (Å²) >= 11 is 10.5. The Hall–Kier alpha value is 0.130. The summed E-state index contributed by atoms with van der Waals surface area (Å²) in [6.45, 7) is 6.46. The van der Waals surface area contributed by atoms with Gasteiger partial charge in [0.25, 0.3) is 0 Å². The van der Waals surface area contributed by atoms with Crippen LogP contribution in [-0.4, -0.2) is 15.2 Å². The number of hydrogen-bond donors (Lipinski definition) is 1. The van der Waals surface area contributed by atoms with E-state index in [0.29, 0.717) is 9.89 Å². The van der Waals surface area contributed by atoms with E-state index in [4.69, 9.17) is 12.2 Å². The Morgan fingerprint density at radius 3 is 2.73 bits per heavy atom. The lowest BCUT2D eigenvalue weighted by Gasteiger charge is -2.08. The molecular weight excluding hydrogens is 292 g/mol. The van der Waals surface area contributed by atoms with Crippen LogP contribution in [0.5, 0.6) is 0 Å². The first kappa shape index (κ1) is 13.2. The average Bonchev–Trinajstić information content (AvgIpc) is 2.19. The van der Waals surface area contributed by atoms with E-state index in [1.165, 1.54) is 0 Å². The summed E-state index contributed by atoms with van der Waals surface area (Å²) in [7, 11) is 0. The molecule has 0 aliphatic carbocycles. The molecule has 0 aliphatic rings. The van der Waals surface area contributed by atoms with Crippen LogP contribution in [0, 0.1) is 4.64 Å². The molecule has 0 bridgehead atoms. The van der Waals surface area contributed by atoms with Gasteiger partial charge in [-0.1, -0.05) is 33.0 Å². The summed E-state index contributed by atoms with van der Waals surface area (Å²) in [4.78, 5) is 7.66. The second kappa shape index (κ2) is 6.01. The highest BCUT2D eigenvalue weighted by Crippen LogP contribution is 2.19. The smallest absolute Gasteiger partial charge is 0.144 e. The van der Waals surface area contributed by atoms with Gasteiger partial charge in [-0.15, -0.1) is 0 Å². The minimum atomic E-state index is 0.613. The first-order chi connectivity index (χ1) is 7.04. The Balaban J connectivity index is 2.91. The van der Waals surface area contributed by atoms with Gasteiger partial charge in [0.05, 0.1) is 10.2 Å². The zero-order valence-corrected chi connectivity index (χ0v) is 12.4. The van der Waals surface area contributed by atoms with Crippen molar-refractivity contribution in [1.29, 1.82) is 0 Å². The number of H-pyrrole nitrogens is 1. The average molecular weight is 307 g/mol. The second-order valence-corrected chi connectivity index (χ2v) is 6.24. The van der Waals surface area contributed by atoms with E-state index in [2.05, 4.69) is 46.7 Å². The first-order valence-corrected chi connectivity index (χ1v) is 7.18. The van der Waals surface area contributed by atoms with Crippen LogP contribution in [0.3, 0.4) is 0 Å². The molecule has 1 N–H and O–H groups in total. The number of nitrogens with zero attached hydrogens (tertiary/aromatic N) is 1. The summed E-state index contributed by atoms with van der Waals surface area (Å²) in [5.41, 5.74) is 1.13. The maximum Gasteiger partial charge on any atom is 0.144 e. The summed E-state index contributed by atoms with van der Waals surface area (Å²) in [5, 5.41) is 0.613. The Labute approximate surface area is 108 Å². The fourth-order valence-electron chi connectivity index (χ4n) is 1.12. The van der Waals surface area contributed by atoms with Gasteiger partial charge in [-0.2, -0.15) is 11.8 Å². The number of aryl methyl sites for hydroxylation is 1. The lowest BCUT2D eigenvalue weighted by molar-refractivity contribution is 0.918. The standard InChI is InChI=1S/C10H15BrN2S2/c1-4-7-9(11)10(14)13-8(12-7)5-15-6(2)3/h6H,4-5H2,1-3H3,(H,12,13,14). The minimum Gasteiger partial charge on any atom is -0.345 e. The molecule has 0 amide bonds. The van der Waals surface area contributed by atoms with Gasteiger partial charge in [-0.25, -0.2) is 4.98 Å². The van der Waals surface area contributed by atoms with Gasteiger partial charge in [0, 0.05) is 5.69 Å². The van der Waals surface area contributed by atoms with Crippen LogP contribution in [-0.2, 0) is 12.2 Å². The molecule has 84 valence electrons. The molecule has 0 atom stereocenters. The number of thioether (sulfide) groups is 1. The van der Waals surface area contributed by atoms with Crippen molar-refractivity contribution in [1.82, 2.24) is 9.97 Å². The molecule has 0 spiro atoms. The number of hydrogen-bond acceptors (Lipinski definition) is 3. The SMILES string of the molecule is CCc1[nH]c(CSC(C)C)nc(=S)c1Br. The van der Waals surface area contributed by atoms with E-state index in [1.54, 1.807) is 0 Å². The maximum absolute atomic E-state index is 5.19. The third kappa shape index (κ3) is 3.89. The molecule has 15 heavy (non-hydrogen) atoms. The molecule has 0 unspecified atom stereocenters. The highest BCUT2D eigenvalue weighted by molar-refractivity contribution is 9.10. The zero-order valence-electron chi connectivity index (χ0n) is 9.13. The number of halogens is 1. The van der Waals surface area contributed by atoms with Gasteiger partial charge in [0.1, 0.15) is 10.5 Å². The van der Waals surface area contributed by atoms with Gasteiger partial charge in [0.2, 0.25) is 0 Å². The van der Waals surface area contributed by atoms with E-state index in [-0.39, 0.29) is 0 Å². The lowest BCUT2D eigenvalue weighted by Crippen LogP contribution is -2.01. The molecular formula is C10H15BrN2S2. The molecule has 0 aromatic carbocycles. The fraction of sp³-hybridized carbons (Fsp3) is 0.600. The topological polar surface area (TPSA) is 28.7 Å². The summed E-state index contributed by atoms with van der Waals surface area (Å²) in [6.07, 6.45) is 0.937. The molecule has 5 heteroatoms. The van der Waals surface area contributed by atoms with Gasteiger partial charge >= 0.3 is 0 Å². The van der Waals surface area contributed by atoms with Crippen LogP contribution in [0.25, 0.3) is 0 Å². The van der Waals surface area contributed by atoms with Gasteiger partial charge in [0.15, 0.2) is 0 Å². The lowest BCUT2D eigenvalue weighted by atomic mass is 10.3. The summed E-state index contributed by atoms with van der Waals surface area (Å²) in [5.74, 6) is 1.86. The zero-order chi connectivity index (χ0) is 11.4. The van der Waals surface area contributed by atoms with Crippen molar-refractivity contribution in [3.05, 3.63) is 20.6 Å². The van der Waals surface area contributed by atoms with Crippen molar-refractivity contribution in [3.63, 3.8) is 0 Å². The molecule has 1 aromatic heterocycles. The van der Waals surface area contributed by atoms with Crippen molar-refractivity contribution >= 4 is 39.9 Å². The highest BCUT2D eigenvalue weighted by Gasteiger charge is 2.05. The number of nitrogens with one attached hydrogen (secondary N) is 1. The Kier molecular flexibility index (Phi) is 5.29. The van der Waals surface area contributed by atoms with E-state index >= 15 is 0 Å². The number of aromatic amines is 1. The van der Waals surface area contributed by atoms with Crippen LogP contribution in [0.15, 0.2) is 4.47 Å². The minimum absolute atomic E-state index is 0.613. The van der Waals surface area contributed by atoms with E-state index in [0.717, 1.165) is 28.2 Å². The quantitative estimate of drug-likeness (QED) is 0.849. The van der Waals surface area contributed by atoms with Crippen LogP contribution >= 0.6 is 39.9 Å². The van der Waals surface area contributed by atoms with Crippen molar-refractivity contribution in [2.75, 3.05) is 0 Å². The third-order valence-electron chi connectivity index (χ3n) is 1.89. The van der Waals surface area contributed by atoms with Crippen molar-refractivity contribution < 1.29 is 0 Å². The Morgan fingerprint density at radius 1 is 1.53 bits per heavy atom. The second-order valence-electron chi connectivity index (χ2n) is 3.49. The molecule has 1 rings (SSSR count). The monoisotopic (exact) mass is 306 g/mol. The predicted molar refractivity (Wildman–Crippen MR) is 72.9 cm³/mol. The normalized spacial score (nSPS) is 11.0. The Morgan fingerprint density at radius 2 is 2.20 bits per heavy atom. The van der Waals surface area contributed by atoms with Crippen LogP contribution in [0.4, 0.5) is 0 Å². The maximum atomic E-state index is 5.19. The van der Waals surface area contributed by atoms with E-state index in [1.807, 2.05) is 11.8 Å². The number of aromatic nitrogens is 2. The molecule has 0 saturated carbocycles. The van der Waals surface area contributed by atoms with Gasteiger partial charge in [-0.05, 0) is 27.6 Å². The Bertz CT molecular complexity index is 387. The van der Waals surface area contributed by atoms with Crippen molar-refractivity contribution in [2.24, 2.45) is 0 Å². The summed E-state index contributed by atoms with van der Waals surface area (Å²) < 4.78 is 1.59. The van der Waals surface area contributed by atoms with Gasteiger partial charge < -0.3 is 4.98 Å². The molecule has 0 radical (unpaired) electrons. The molecule has 1 aromatic rings. The predicted octanol–water partition coefficient (Wildman–Crippen LogP) is 4.11. The molecule has 2 nitrogen and oxygen atoms in total. The van der Waals surface area contributed by atoms with Gasteiger partial charge in [-0.3, -0.25) is 0 Å². The van der Waals surface area contributed by atoms with Crippen LogP contribution < -0.4 is 0 Å². The van der Waals surface area contributed by atoms with Crippen LogP contribution in [0.2, 0.25) is 0 Å². The molecule has 0 aliphatic heterocycles. The van der Waals surface area contributed by atoms with E-state index in [9.17, 15) is 0 Å². The highest BCUT2D eigenvalue weighted by atomic mass is 79.9. The number of rotatable bonds is 4. The summed E-state index contributed by atoms with van der Waals surface area (Å²) in [6, 6.07) is 0. The molecule has 0 saturated heterocycles. The van der Waals surface area contributed by atoms with Crippen molar-refractivity contribution in [2.45, 2.75) is 38.2 Å². The fourth-order valence-corrected chi connectivity index (χ4v) is 2.44. The first-order valence-electron chi connectivity index (χ1n) is 4.93. The molecule has 0 fully saturated rings. The molecule has 1 heterocycles. The van der Waals surface area contributed by atoms with Crippen molar-refractivity contribution in [3.8, 4) is 0 Å². The third-order valence-corrected chi connectivity index (χ3v) is 4.41. The van der Waals surface area contributed by atoms with Crippen LogP contribution in [0.1, 0.15) is 32.3 Å². The van der Waals surface area contributed by atoms with E-state index < -0.39 is 0 Å².